The van der Waals surface area contributed by atoms with Gasteiger partial charge in [-0.2, -0.15) is 0 Å². The molecular weight excluding hydrogens is 318 g/mol. The van der Waals surface area contributed by atoms with Crippen LogP contribution in [0.2, 0.25) is 5.02 Å². The van der Waals surface area contributed by atoms with Crippen LogP contribution >= 0.6 is 11.6 Å². The number of carbonyl (C=O) groups is 1. The lowest BCUT2D eigenvalue weighted by molar-refractivity contribution is -0.121. The Morgan fingerprint density at radius 2 is 2.14 bits per heavy atom. The SMILES string of the molecule is CC(C)NC(=O)CCNS(=O)(=O)c1cnc(NN)c(Cl)c1. The van der Waals surface area contributed by atoms with Gasteiger partial charge in [0.15, 0.2) is 5.82 Å². The number of anilines is 1. The van der Waals surface area contributed by atoms with Crippen molar-refractivity contribution < 1.29 is 13.2 Å². The highest BCUT2D eigenvalue weighted by atomic mass is 35.5. The predicted octanol–water partition coefficient (Wildman–Crippen LogP) is 0.214. The predicted molar refractivity (Wildman–Crippen MR) is 80.1 cm³/mol. The summed E-state index contributed by atoms with van der Waals surface area (Å²) >= 11 is 5.82. The Kier molecular flexibility index (Phi) is 6.34. The molecule has 0 saturated heterocycles. The van der Waals surface area contributed by atoms with E-state index in [9.17, 15) is 13.2 Å². The fourth-order valence-corrected chi connectivity index (χ4v) is 2.74. The summed E-state index contributed by atoms with van der Waals surface area (Å²) in [6.07, 6.45) is 1.17. The molecular formula is C11H18ClN5O3S. The summed E-state index contributed by atoms with van der Waals surface area (Å²) < 4.78 is 26.3. The van der Waals surface area contributed by atoms with Crippen LogP contribution in [0.5, 0.6) is 0 Å². The van der Waals surface area contributed by atoms with E-state index >= 15 is 0 Å². The van der Waals surface area contributed by atoms with Crippen LogP contribution in [-0.4, -0.2) is 31.9 Å². The van der Waals surface area contributed by atoms with Gasteiger partial charge in [-0.1, -0.05) is 11.6 Å². The lowest BCUT2D eigenvalue weighted by Gasteiger charge is -2.10. The summed E-state index contributed by atoms with van der Waals surface area (Å²) in [5.41, 5.74) is 2.24. The van der Waals surface area contributed by atoms with Crippen molar-refractivity contribution in [1.82, 2.24) is 15.0 Å². The van der Waals surface area contributed by atoms with E-state index in [4.69, 9.17) is 17.4 Å². The average molecular weight is 336 g/mol. The molecule has 0 aliphatic heterocycles. The zero-order valence-corrected chi connectivity index (χ0v) is 13.3. The number of pyridine rings is 1. The number of rotatable bonds is 7. The van der Waals surface area contributed by atoms with Gasteiger partial charge >= 0.3 is 0 Å². The Bertz CT molecular complexity index is 606. The Balaban J connectivity index is 2.66. The van der Waals surface area contributed by atoms with Crippen LogP contribution in [-0.2, 0) is 14.8 Å². The normalized spacial score (nSPS) is 11.5. The summed E-state index contributed by atoms with van der Waals surface area (Å²) in [4.78, 5) is 15.1. The monoisotopic (exact) mass is 335 g/mol. The van der Waals surface area contributed by atoms with Gasteiger partial charge in [0.1, 0.15) is 4.90 Å². The van der Waals surface area contributed by atoms with E-state index in [0.717, 1.165) is 6.20 Å². The molecule has 1 rings (SSSR count). The molecule has 8 nitrogen and oxygen atoms in total. The summed E-state index contributed by atoms with van der Waals surface area (Å²) in [6, 6.07) is 1.23. The number of halogens is 1. The lowest BCUT2D eigenvalue weighted by atomic mass is 10.3. The molecule has 118 valence electrons. The maximum Gasteiger partial charge on any atom is 0.242 e. The molecule has 1 heterocycles. The number of nitrogens with two attached hydrogens (primary N) is 1. The number of aromatic nitrogens is 1. The van der Waals surface area contributed by atoms with Crippen LogP contribution in [0.3, 0.4) is 0 Å². The second-order valence-corrected chi connectivity index (χ2v) is 6.69. The molecule has 5 N–H and O–H groups in total. The van der Waals surface area contributed by atoms with Crippen LogP contribution in [0.15, 0.2) is 17.2 Å². The summed E-state index contributed by atoms with van der Waals surface area (Å²) in [6.45, 7) is 3.63. The van der Waals surface area contributed by atoms with Crippen LogP contribution < -0.4 is 21.3 Å². The molecule has 10 heteroatoms. The van der Waals surface area contributed by atoms with Crippen molar-refractivity contribution in [2.24, 2.45) is 5.84 Å². The van der Waals surface area contributed by atoms with Gasteiger partial charge in [0, 0.05) is 25.2 Å². The van der Waals surface area contributed by atoms with Crippen LogP contribution in [0.4, 0.5) is 5.82 Å². The number of hydrazine groups is 1. The zero-order chi connectivity index (χ0) is 16.0. The highest BCUT2D eigenvalue weighted by Gasteiger charge is 2.16. The lowest BCUT2D eigenvalue weighted by Crippen LogP contribution is -2.34. The molecule has 0 spiro atoms. The van der Waals surface area contributed by atoms with E-state index in [0.29, 0.717) is 0 Å². The Hall–Kier alpha value is -1.42. The molecule has 0 aliphatic carbocycles. The summed E-state index contributed by atoms with van der Waals surface area (Å²) in [5, 5.41) is 2.74. The second kappa shape index (κ2) is 7.55. The van der Waals surface area contributed by atoms with E-state index in [1.165, 1.54) is 6.07 Å². The topological polar surface area (TPSA) is 126 Å². The molecule has 1 amide bonds. The van der Waals surface area contributed by atoms with E-state index in [-0.39, 0.29) is 40.7 Å². The number of hydrogen-bond acceptors (Lipinski definition) is 6. The van der Waals surface area contributed by atoms with Crippen LogP contribution in [0.25, 0.3) is 0 Å². The summed E-state index contributed by atoms with van der Waals surface area (Å²) in [5.74, 6) is 5.10. The first-order chi connectivity index (χ1) is 9.76. The van der Waals surface area contributed by atoms with Crippen molar-refractivity contribution in [3.63, 3.8) is 0 Å². The molecule has 0 saturated carbocycles. The molecule has 1 aromatic heterocycles. The number of nitrogens with one attached hydrogen (secondary N) is 3. The van der Waals surface area contributed by atoms with E-state index < -0.39 is 10.0 Å². The Morgan fingerprint density at radius 1 is 1.48 bits per heavy atom. The number of nitrogen functional groups attached to an aromatic ring is 1. The van der Waals surface area contributed by atoms with Gasteiger partial charge in [-0.05, 0) is 19.9 Å². The van der Waals surface area contributed by atoms with Gasteiger partial charge in [0.05, 0.1) is 5.02 Å². The number of hydrogen-bond donors (Lipinski definition) is 4. The third kappa shape index (κ3) is 5.46. The molecule has 0 fully saturated rings. The minimum absolute atomic E-state index is 0.00780. The maximum atomic E-state index is 12.0. The first-order valence-electron chi connectivity index (χ1n) is 6.17. The zero-order valence-electron chi connectivity index (χ0n) is 11.7. The van der Waals surface area contributed by atoms with Crippen molar-refractivity contribution in [3.8, 4) is 0 Å². The third-order valence-corrected chi connectivity index (χ3v) is 4.07. The average Bonchev–Trinajstić information content (AvgIpc) is 2.37. The highest BCUT2D eigenvalue weighted by molar-refractivity contribution is 7.89. The number of amides is 1. The van der Waals surface area contributed by atoms with Crippen molar-refractivity contribution in [2.75, 3.05) is 12.0 Å². The van der Waals surface area contributed by atoms with Crippen molar-refractivity contribution in [2.45, 2.75) is 31.2 Å². The van der Waals surface area contributed by atoms with Gasteiger partial charge in [0.25, 0.3) is 0 Å². The van der Waals surface area contributed by atoms with E-state index in [1.807, 2.05) is 13.8 Å². The molecule has 0 bridgehead atoms. The first-order valence-corrected chi connectivity index (χ1v) is 8.03. The highest BCUT2D eigenvalue weighted by Crippen LogP contribution is 2.21. The minimum Gasteiger partial charge on any atom is -0.354 e. The van der Waals surface area contributed by atoms with E-state index in [2.05, 4.69) is 20.4 Å². The Morgan fingerprint density at radius 3 is 2.67 bits per heavy atom. The molecule has 0 radical (unpaired) electrons. The van der Waals surface area contributed by atoms with Crippen LogP contribution in [0.1, 0.15) is 20.3 Å². The first kappa shape index (κ1) is 17.6. The van der Waals surface area contributed by atoms with Crippen molar-refractivity contribution in [3.05, 3.63) is 17.3 Å². The van der Waals surface area contributed by atoms with Gasteiger partial charge in [-0.15, -0.1) is 0 Å². The van der Waals surface area contributed by atoms with Gasteiger partial charge in [0.2, 0.25) is 15.9 Å². The Labute approximate surface area is 128 Å². The standard InChI is InChI=1S/C11H18ClN5O3S/c1-7(2)16-10(18)3-4-15-21(19,20)8-5-9(12)11(17-13)14-6-8/h5-7,15H,3-4,13H2,1-2H3,(H,14,17)(H,16,18). The maximum absolute atomic E-state index is 12.0. The molecule has 1 aromatic rings. The fourth-order valence-electron chi connectivity index (χ4n) is 1.45. The quantitative estimate of drug-likeness (QED) is 0.417. The number of sulfonamides is 1. The van der Waals surface area contributed by atoms with Gasteiger partial charge in [-0.3, -0.25) is 4.79 Å². The van der Waals surface area contributed by atoms with Crippen molar-refractivity contribution >= 4 is 33.3 Å². The molecule has 21 heavy (non-hydrogen) atoms. The third-order valence-electron chi connectivity index (χ3n) is 2.36. The molecule has 0 unspecified atom stereocenters. The van der Waals surface area contributed by atoms with Gasteiger partial charge in [-0.25, -0.2) is 24.0 Å². The molecule has 0 aliphatic rings. The second-order valence-electron chi connectivity index (χ2n) is 4.52. The van der Waals surface area contributed by atoms with E-state index in [1.54, 1.807) is 0 Å². The smallest absolute Gasteiger partial charge is 0.242 e. The number of nitrogens with zero attached hydrogens (tertiary/aromatic N) is 1. The van der Waals surface area contributed by atoms with Crippen molar-refractivity contribution in [1.29, 1.82) is 0 Å². The van der Waals surface area contributed by atoms with Gasteiger partial charge < -0.3 is 10.7 Å². The minimum atomic E-state index is -3.78. The fraction of sp³-hybridized carbons (Fsp3) is 0.455. The molecule has 0 atom stereocenters. The largest absolute Gasteiger partial charge is 0.354 e. The molecule has 0 aromatic carbocycles. The number of carbonyl (C=O) groups excluding carboxylic acids is 1. The van der Waals surface area contributed by atoms with Crippen LogP contribution in [0, 0.1) is 0 Å². The summed E-state index contributed by atoms with van der Waals surface area (Å²) in [7, 11) is -3.78.